The number of imidazole rings is 1. The summed E-state index contributed by atoms with van der Waals surface area (Å²) >= 11 is 1.86. The number of H-pyrrole nitrogens is 1. The predicted octanol–water partition coefficient (Wildman–Crippen LogP) is 4.43. The number of ether oxygens (including phenoxy) is 1. The number of nitrogen functional groups attached to an aromatic ring is 1. The van der Waals surface area contributed by atoms with E-state index >= 15 is 0 Å². The Morgan fingerprint density at radius 1 is 1.11 bits per heavy atom. The Bertz CT molecular complexity index is 1200. The highest BCUT2D eigenvalue weighted by Gasteiger charge is 2.68. The van der Waals surface area contributed by atoms with E-state index < -0.39 is 23.3 Å². The summed E-state index contributed by atoms with van der Waals surface area (Å²) in [5.41, 5.74) is 7.21. The first-order valence-corrected chi connectivity index (χ1v) is 18.3. The maximum atomic E-state index is 12.5. The highest BCUT2D eigenvalue weighted by molar-refractivity contribution is 8.02. The van der Waals surface area contributed by atoms with Gasteiger partial charge in [0.05, 0.1) is 23.8 Å². The van der Waals surface area contributed by atoms with Gasteiger partial charge in [0.15, 0.2) is 17.4 Å². The molecule has 3 saturated heterocycles. The molecule has 5 heterocycles. The van der Waals surface area contributed by atoms with Gasteiger partial charge in [-0.3, -0.25) is 14.3 Å². The number of nitrogens with two attached hydrogens (primary N) is 1. The smallest absolute Gasteiger partial charge is 0.335 e. The van der Waals surface area contributed by atoms with E-state index in [1.165, 1.54) is 0 Å². The van der Waals surface area contributed by atoms with Crippen molar-refractivity contribution >= 4 is 46.0 Å². The van der Waals surface area contributed by atoms with Crippen LogP contribution in [0.3, 0.4) is 0 Å². The largest absolute Gasteiger partial charge is 0.414 e. The fourth-order valence-electron chi connectivity index (χ4n) is 6.41. The van der Waals surface area contributed by atoms with E-state index in [2.05, 4.69) is 70.3 Å². The molecule has 4 atom stereocenters. The van der Waals surface area contributed by atoms with Crippen molar-refractivity contribution in [2.45, 2.75) is 107 Å². The van der Waals surface area contributed by atoms with Gasteiger partial charge >= 0.3 is 17.1 Å². The van der Waals surface area contributed by atoms with E-state index in [1.54, 1.807) is 6.33 Å². The van der Waals surface area contributed by atoms with Crippen LogP contribution in [-0.4, -0.2) is 66.0 Å². The van der Waals surface area contributed by atoms with Gasteiger partial charge in [0.2, 0.25) is 5.95 Å². The molecule has 0 aromatic carbocycles. The van der Waals surface area contributed by atoms with E-state index in [4.69, 9.17) is 23.4 Å². The van der Waals surface area contributed by atoms with Gasteiger partial charge < -0.3 is 23.4 Å². The molecule has 1 spiro atoms. The van der Waals surface area contributed by atoms with Crippen molar-refractivity contribution in [2.75, 3.05) is 18.1 Å². The van der Waals surface area contributed by atoms with Gasteiger partial charge in [0, 0.05) is 0 Å². The second kappa shape index (κ2) is 9.45. The first-order valence-electron chi connectivity index (χ1n) is 13.4. The zero-order chi connectivity index (χ0) is 26.9. The summed E-state index contributed by atoms with van der Waals surface area (Å²) in [4.78, 5) is 23.8. The van der Waals surface area contributed by atoms with Crippen molar-refractivity contribution in [1.29, 1.82) is 0 Å². The van der Waals surface area contributed by atoms with E-state index in [0.29, 0.717) is 12.3 Å². The van der Waals surface area contributed by atoms with E-state index in [9.17, 15) is 4.79 Å². The number of hydrogen-bond acceptors (Lipinski definition) is 9. The number of fused-ring (bicyclic) bond motifs is 3. The minimum Gasteiger partial charge on any atom is -0.414 e. The molecule has 0 bridgehead atoms. The molecule has 2 aromatic heterocycles. The molecule has 2 aromatic rings. The number of rotatable bonds is 5. The minimum atomic E-state index is -2.80. The lowest BCUT2D eigenvalue weighted by atomic mass is 9.94. The Labute approximate surface area is 224 Å². The normalized spacial score (nSPS) is 31.3. The number of anilines is 1. The summed E-state index contributed by atoms with van der Waals surface area (Å²) < 4.78 is 30.1. The molecular weight excluding hydrogens is 527 g/mol. The standard InChI is InChI=1S/C24H41N5O5SSi2/c1-13(2)36(14(3)4)31-11-17-19(33-37(34-36,15(5)6)16(7)8)24(9-10-35-24)22(32-17)29-12-26-18-20(29)27-23(25)28-21(18)30/h12-17,19,22H,9-11H2,1-8H3,(H3,25,27,28,30)/t17-,19-,22-,24-/m1/s1. The van der Waals surface area contributed by atoms with Crippen molar-refractivity contribution < 1.29 is 17.7 Å². The summed E-state index contributed by atoms with van der Waals surface area (Å²) in [6, 6.07) is 0. The van der Waals surface area contributed by atoms with Crippen LogP contribution in [0.5, 0.6) is 0 Å². The van der Waals surface area contributed by atoms with Gasteiger partial charge in [-0.1, -0.05) is 55.4 Å². The van der Waals surface area contributed by atoms with Crippen molar-refractivity contribution in [3.8, 4) is 0 Å². The molecule has 206 valence electrons. The van der Waals surface area contributed by atoms with Crippen molar-refractivity contribution in [3.63, 3.8) is 0 Å². The predicted molar refractivity (Wildman–Crippen MR) is 150 cm³/mol. The highest BCUT2D eigenvalue weighted by atomic mass is 32.2. The lowest BCUT2D eigenvalue weighted by molar-refractivity contribution is -0.0548. The third-order valence-electron chi connectivity index (χ3n) is 8.43. The van der Waals surface area contributed by atoms with Crippen LogP contribution in [0, 0.1) is 0 Å². The molecule has 5 rings (SSSR count). The fourth-order valence-corrected chi connectivity index (χ4v) is 19.1. The summed E-state index contributed by atoms with van der Waals surface area (Å²) in [7, 11) is -5.47. The Morgan fingerprint density at radius 2 is 1.73 bits per heavy atom. The highest BCUT2D eigenvalue weighted by Crippen LogP contribution is 2.60. The van der Waals surface area contributed by atoms with Crippen LogP contribution in [-0.2, 0) is 17.7 Å². The molecule has 0 aliphatic carbocycles. The van der Waals surface area contributed by atoms with Gasteiger partial charge in [0.1, 0.15) is 6.10 Å². The number of aromatic amines is 1. The van der Waals surface area contributed by atoms with Gasteiger partial charge in [-0.15, -0.1) is 11.8 Å². The number of nitrogens with one attached hydrogen (secondary N) is 1. The Hall–Kier alpha value is -1.23. The van der Waals surface area contributed by atoms with Crippen LogP contribution >= 0.6 is 11.8 Å². The minimum absolute atomic E-state index is 0.0576. The molecule has 3 N–H and O–H groups in total. The number of hydrogen-bond donors (Lipinski definition) is 2. The van der Waals surface area contributed by atoms with Crippen LogP contribution in [0.25, 0.3) is 11.2 Å². The average Bonchev–Trinajstić information content (AvgIpc) is 3.31. The fraction of sp³-hybridized carbons (Fsp3) is 0.792. The van der Waals surface area contributed by atoms with E-state index in [0.717, 1.165) is 12.2 Å². The third kappa shape index (κ3) is 3.99. The Kier molecular flexibility index (Phi) is 6.99. The number of aromatic nitrogens is 4. The first-order chi connectivity index (χ1) is 17.4. The van der Waals surface area contributed by atoms with Crippen molar-refractivity contribution in [3.05, 3.63) is 16.7 Å². The topological polar surface area (TPSA) is 127 Å². The molecule has 0 amide bonds. The second-order valence-corrected chi connectivity index (χ2v) is 22.2. The molecule has 3 aliphatic heterocycles. The number of thioether (sulfide) groups is 1. The average molecular weight is 568 g/mol. The Balaban J connectivity index is 1.64. The summed E-state index contributed by atoms with van der Waals surface area (Å²) in [5.74, 6) is 1.06. The van der Waals surface area contributed by atoms with Crippen molar-refractivity contribution in [2.24, 2.45) is 0 Å². The van der Waals surface area contributed by atoms with E-state index in [-0.39, 0.29) is 56.1 Å². The second-order valence-electron chi connectivity index (χ2n) is 11.9. The van der Waals surface area contributed by atoms with Crippen LogP contribution in [0.2, 0.25) is 22.2 Å². The van der Waals surface area contributed by atoms with Crippen LogP contribution in [0.15, 0.2) is 11.1 Å². The van der Waals surface area contributed by atoms with Crippen LogP contribution in [0.4, 0.5) is 5.95 Å². The van der Waals surface area contributed by atoms with E-state index in [1.807, 2.05) is 16.3 Å². The van der Waals surface area contributed by atoms with Gasteiger partial charge in [-0.05, 0) is 34.3 Å². The molecule has 37 heavy (non-hydrogen) atoms. The molecule has 3 fully saturated rings. The first kappa shape index (κ1) is 27.3. The van der Waals surface area contributed by atoms with Crippen LogP contribution in [0.1, 0.15) is 68.0 Å². The molecule has 0 radical (unpaired) electrons. The molecule has 0 unspecified atom stereocenters. The monoisotopic (exact) mass is 567 g/mol. The summed E-state index contributed by atoms with van der Waals surface area (Å²) in [5, 5.41) is 0. The van der Waals surface area contributed by atoms with Gasteiger partial charge in [-0.2, -0.15) is 4.98 Å². The lowest BCUT2D eigenvalue weighted by Crippen LogP contribution is -2.67. The third-order valence-corrected chi connectivity index (χ3v) is 20.2. The Morgan fingerprint density at radius 3 is 2.27 bits per heavy atom. The molecule has 0 saturated carbocycles. The summed E-state index contributed by atoms with van der Waals surface area (Å²) in [6.07, 6.45) is 1.66. The molecule has 3 aliphatic rings. The van der Waals surface area contributed by atoms with Gasteiger partial charge in [-0.25, -0.2) is 4.98 Å². The summed E-state index contributed by atoms with van der Waals surface area (Å²) in [6.45, 7) is 18.2. The molecule has 13 heteroatoms. The zero-order valence-corrected chi connectivity index (χ0v) is 25.9. The van der Waals surface area contributed by atoms with Crippen molar-refractivity contribution in [1.82, 2.24) is 19.5 Å². The van der Waals surface area contributed by atoms with Crippen LogP contribution < -0.4 is 11.3 Å². The lowest BCUT2D eigenvalue weighted by Gasteiger charge is -2.54. The van der Waals surface area contributed by atoms with Gasteiger partial charge in [0.25, 0.3) is 5.56 Å². The molecule has 10 nitrogen and oxygen atoms in total. The molecular formula is C24H41N5O5SSi2. The maximum Gasteiger partial charge on any atom is 0.335 e. The maximum absolute atomic E-state index is 12.5. The SMILES string of the molecule is CC(C)[Si]1(C(C)C)OC[C@H]2O[C@@H](n3cnc4c(=O)[nH]c(N)nc43)[C@@]3(CCS3)[C@@H]2O[Si](C(C)C)(C(C)C)O1. The quantitative estimate of drug-likeness (QED) is 0.504. The number of nitrogens with zero attached hydrogens (tertiary/aromatic N) is 3. The zero-order valence-electron chi connectivity index (χ0n) is 23.1.